The molecule has 3 heteroatoms. The highest BCUT2D eigenvalue weighted by Gasteiger charge is 2.08. The molecule has 0 spiro atoms. The first kappa shape index (κ1) is 14.1. The van der Waals surface area contributed by atoms with Gasteiger partial charge < -0.3 is 5.32 Å². The van der Waals surface area contributed by atoms with E-state index in [0.717, 1.165) is 17.7 Å². The summed E-state index contributed by atoms with van der Waals surface area (Å²) in [5, 5.41) is 12.6. The minimum absolute atomic E-state index is 0.629. The van der Waals surface area contributed by atoms with E-state index in [2.05, 4.69) is 41.5 Å². The van der Waals surface area contributed by atoms with Gasteiger partial charge in [-0.3, -0.25) is 0 Å². The van der Waals surface area contributed by atoms with Crippen LogP contribution >= 0.6 is 0 Å². The highest BCUT2D eigenvalue weighted by atomic mass is 15.0. The van der Waals surface area contributed by atoms with Crippen molar-refractivity contribution in [3.05, 3.63) is 58.3 Å². The SMILES string of the molecule is CCc1ccccc1CNc1nc(C)cc(C)c1C#N. The second-order valence-corrected chi connectivity index (χ2v) is 4.89. The first-order valence-corrected chi connectivity index (χ1v) is 6.84. The van der Waals surface area contributed by atoms with E-state index in [1.165, 1.54) is 11.1 Å². The largest absolute Gasteiger partial charge is 0.365 e. The number of hydrogen-bond donors (Lipinski definition) is 1. The molecule has 0 radical (unpaired) electrons. The summed E-state index contributed by atoms with van der Waals surface area (Å²) in [6.45, 7) is 6.72. The zero-order chi connectivity index (χ0) is 14.5. The maximum absolute atomic E-state index is 9.26. The second kappa shape index (κ2) is 6.21. The van der Waals surface area contributed by atoms with Gasteiger partial charge in [0.15, 0.2) is 0 Å². The van der Waals surface area contributed by atoms with Gasteiger partial charge in [0.1, 0.15) is 11.9 Å². The Morgan fingerprint density at radius 1 is 1.20 bits per heavy atom. The van der Waals surface area contributed by atoms with Crippen LogP contribution in [0.25, 0.3) is 0 Å². The fourth-order valence-corrected chi connectivity index (χ4v) is 2.36. The number of aromatic nitrogens is 1. The van der Waals surface area contributed by atoms with Crippen LogP contribution in [0.3, 0.4) is 0 Å². The van der Waals surface area contributed by atoms with Gasteiger partial charge >= 0.3 is 0 Å². The molecule has 2 aromatic rings. The van der Waals surface area contributed by atoms with Crippen LogP contribution in [-0.2, 0) is 13.0 Å². The standard InChI is InChI=1S/C17H19N3/c1-4-14-7-5-6-8-15(14)11-19-17-16(10-18)12(2)9-13(3)20-17/h5-9H,4,11H2,1-3H3,(H,19,20). The minimum atomic E-state index is 0.629. The van der Waals surface area contributed by atoms with Crippen molar-refractivity contribution in [1.29, 1.82) is 5.26 Å². The lowest BCUT2D eigenvalue weighted by Gasteiger charge is -2.12. The van der Waals surface area contributed by atoms with Crippen molar-refractivity contribution in [2.45, 2.75) is 33.7 Å². The highest BCUT2D eigenvalue weighted by Crippen LogP contribution is 2.19. The number of nitriles is 1. The molecule has 0 aliphatic carbocycles. The molecule has 0 aliphatic rings. The average Bonchev–Trinajstić information content (AvgIpc) is 2.45. The third kappa shape index (κ3) is 2.97. The molecule has 1 aromatic heterocycles. The molecule has 0 fully saturated rings. The van der Waals surface area contributed by atoms with Crippen molar-refractivity contribution >= 4 is 5.82 Å². The Bertz CT molecular complexity index is 654. The van der Waals surface area contributed by atoms with Crippen LogP contribution in [0.15, 0.2) is 30.3 Å². The maximum atomic E-state index is 9.26. The van der Waals surface area contributed by atoms with E-state index in [4.69, 9.17) is 0 Å². The van der Waals surface area contributed by atoms with E-state index in [0.29, 0.717) is 17.9 Å². The van der Waals surface area contributed by atoms with E-state index < -0.39 is 0 Å². The molecule has 1 heterocycles. The molecular weight excluding hydrogens is 246 g/mol. The van der Waals surface area contributed by atoms with Crippen molar-refractivity contribution in [3.63, 3.8) is 0 Å². The first-order valence-electron chi connectivity index (χ1n) is 6.84. The lowest BCUT2D eigenvalue weighted by atomic mass is 10.1. The number of pyridine rings is 1. The number of benzene rings is 1. The van der Waals surface area contributed by atoms with Crippen LogP contribution in [0.1, 0.15) is 34.9 Å². The number of rotatable bonds is 4. The van der Waals surface area contributed by atoms with Crippen molar-refractivity contribution in [2.24, 2.45) is 0 Å². The summed E-state index contributed by atoms with van der Waals surface area (Å²) in [7, 11) is 0. The number of hydrogen-bond acceptors (Lipinski definition) is 3. The number of anilines is 1. The van der Waals surface area contributed by atoms with E-state index in [1.807, 2.05) is 26.0 Å². The van der Waals surface area contributed by atoms with Gasteiger partial charge in [-0.05, 0) is 43.0 Å². The fourth-order valence-electron chi connectivity index (χ4n) is 2.36. The summed E-state index contributed by atoms with van der Waals surface area (Å²) in [4.78, 5) is 4.44. The molecular formula is C17H19N3. The van der Waals surface area contributed by atoms with Gasteiger partial charge in [0.05, 0.1) is 5.56 Å². The van der Waals surface area contributed by atoms with Gasteiger partial charge in [0.2, 0.25) is 0 Å². The molecule has 102 valence electrons. The van der Waals surface area contributed by atoms with Crippen molar-refractivity contribution in [2.75, 3.05) is 5.32 Å². The van der Waals surface area contributed by atoms with Crippen LogP contribution in [0.5, 0.6) is 0 Å². The average molecular weight is 265 g/mol. The van der Waals surface area contributed by atoms with E-state index in [9.17, 15) is 5.26 Å². The summed E-state index contributed by atoms with van der Waals surface area (Å²) in [6.07, 6.45) is 1.00. The molecule has 2 rings (SSSR count). The number of aryl methyl sites for hydroxylation is 3. The molecule has 0 atom stereocenters. The van der Waals surface area contributed by atoms with Crippen molar-refractivity contribution in [3.8, 4) is 6.07 Å². The predicted molar refractivity (Wildman–Crippen MR) is 81.6 cm³/mol. The van der Waals surface area contributed by atoms with Gasteiger partial charge in [0, 0.05) is 12.2 Å². The Kier molecular flexibility index (Phi) is 4.37. The molecule has 0 bridgehead atoms. The summed E-state index contributed by atoms with van der Waals surface area (Å²) in [5.41, 5.74) is 5.09. The quantitative estimate of drug-likeness (QED) is 0.916. The summed E-state index contributed by atoms with van der Waals surface area (Å²) < 4.78 is 0. The fraction of sp³-hybridized carbons (Fsp3) is 0.294. The molecule has 1 N–H and O–H groups in total. The predicted octanol–water partition coefficient (Wildman–Crippen LogP) is 3.74. The van der Waals surface area contributed by atoms with E-state index in [-0.39, 0.29) is 0 Å². The summed E-state index contributed by atoms with van der Waals surface area (Å²) in [5.74, 6) is 0.677. The Morgan fingerprint density at radius 3 is 2.55 bits per heavy atom. The summed E-state index contributed by atoms with van der Waals surface area (Å²) in [6, 6.07) is 12.5. The zero-order valence-electron chi connectivity index (χ0n) is 12.2. The number of nitrogens with one attached hydrogen (secondary N) is 1. The van der Waals surface area contributed by atoms with Crippen LogP contribution in [-0.4, -0.2) is 4.98 Å². The Balaban J connectivity index is 2.25. The van der Waals surface area contributed by atoms with Crippen LogP contribution in [0.4, 0.5) is 5.82 Å². The Hall–Kier alpha value is -2.34. The zero-order valence-corrected chi connectivity index (χ0v) is 12.2. The first-order chi connectivity index (χ1) is 9.65. The topological polar surface area (TPSA) is 48.7 Å². The lowest BCUT2D eigenvalue weighted by molar-refractivity contribution is 1.02. The van der Waals surface area contributed by atoms with Gasteiger partial charge in [0.25, 0.3) is 0 Å². The van der Waals surface area contributed by atoms with Crippen molar-refractivity contribution in [1.82, 2.24) is 4.98 Å². The van der Waals surface area contributed by atoms with E-state index in [1.54, 1.807) is 0 Å². The second-order valence-electron chi connectivity index (χ2n) is 4.89. The highest BCUT2D eigenvalue weighted by molar-refractivity contribution is 5.56. The van der Waals surface area contributed by atoms with Crippen LogP contribution in [0.2, 0.25) is 0 Å². The third-order valence-electron chi connectivity index (χ3n) is 3.40. The lowest BCUT2D eigenvalue weighted by Crippen LogP contribution is -2.07. The van der Waals surface area contributed by atoms with Crippen LogP contribution in [0, 0.1) is 25.2 Å². The summed E-state index contributed by atoms with van der Waals surface area (Å²) >= 11 is 0. The molecule has 0 saturated heterocycles. The minimum Gasteiger partial charge on any atom is -0.365 e. The molecule has 20 heavy (non-hydrogen) atoms. The van der Waals surface area contributed by atoms with Crippen LogP contribution < -0.4 is 5.32 Å². The molecule has 0 aliphatic heterocycles. The van der Waals surface area contributed by atoms with Gasteiger partial charge in [-0.25, -0.2) is 4.98 Å². The molecule has 0 saturated carbocycles. The monoisotopic (exact) mass is 265 g/mol. The molecule has 0 amide bonds. The van der Waals surface area contributed by atoms with Gasteiger partial charge in [-0.15, -0.1) is 0 Å². The molecule has 1 aromatic carbocycles. The molecule has 3 nitrogen and oxygen atoms in total. The van der Waals surface area contributed by atoms with Crippen molar-refractivity contribution < 1.29 is 0 Å². The Morgan fingerprint density at radius 2 is 1.90 bits per heavy atom. The molecule has 0 unspecified atom stereocenters. The normalized spacial score (nSPS) is 10.1. The number of nitrogens with zero attached hydrogens (tertiary/aromatic N) is 2. The Labute approximate surface area is 120 Å². The third-order valence-corrected chi connectivity index (χ3v) is 3.40. The smallest absolute Gasteiger partial charge is 0.144 e. The maximum Gasteiger partial charge on any atom is 0.144 e. The van der Waals surface area contributed by atoms with E-state index >= 15 is 0 Å². The van der Waals surface area contributed by atoms with Gasteiger partial charge in [-0.1, -0.05) is 31.2 Å². The van der Waals surface area contributed by atoms with Gasteiger partial charge in [-0.2, -0.15) is 5.26 Å².